The number of benzene rings is 1. The number of hydrogen-bond donors (Lipinski definition) is 0. The quantitative estimate of drug-likeness (QED) is 0.521. The molecule has 0 spiro atoms. The van der Waals surface area contributed by atoms with Gasteiger partial charge in [-0.05, 0) is 31.9 Å². The zero-order valence-electron chi connectivity index (χ0n) is 15.7. The van der Waals surface area contributed by atoms with Crippen molar-refractivity contribution in [3.63, 3.8) is 0 Å². The fraction of sp³-hybridized carbons (Fsp3) is 0.400. The van der Waals surface area contributed by atoms with Crippen molar-refractivity contribution in [2.75, 3.05) is 25.4 Å². The van der Waals surface area contributed by atoms with Crippen LogP contribution in [0.4, 0.5) is 0 Å². The summed E-state index contributed by atoms with van der Waals surface area (Å²) in [5, 5.41) is 0.570. The van der Waals surface area contributed by atoms with E-state index in [2.05, 4.69) is 9.97 Å². The lowest BCUT2D eigenvalue weighted by atomic mass is 9.97. The topological polar surface area (TPSA) is 81.6 Å². The molecule has 3 rings (SSSR count). The Balaban J connectivity index is 1.52. The van der Waals surface area contributed by atoms with Gasteiger partial charge in [-0.3, -0.25) is 9.59 Å². The SMILES string of the molecule is CCOC(=O)C1CCN(C(=O)CSc2nccnc2Oc2ccccc2)CC1. The summed E-state index contributed by atoms with van der Waals surface area (Å²) in [4.78, 5) is 34.7. The predicted molar refractivity (Wildman–Crippen MR) is 105 cm³/mol. The maximum absolute atomic E-state index is 12.5. The molecule has 0 aliphatic carbocycles. The van der Waals surface area contributed by atoms with Crippen LogP contribution in [0.1, 0.15) is 19.8 Å². The molecule has 1 saturated heterocycles. The Morgan fingerprint density at radius 2 is 1.86 bits per heavy atom. The number of ether oxygens (including phenoxy) is 2. The molecule has 28 heavy (non-hydrogen) atoms. The molecule has 2 aromatic rings. The first-order chi connectivity index (χ1) is 13.7. The molecule has 1 amide bonds. The minimum Gasteiger partial charge on any atom is -0.466 e. The van der Waals surface area contributed by atoms with Crippen LogP contribution in [0.3, 0.4) is 0 Å². The van der Waals surface area contributed by atoms with Crippen molar-refractivity contribution in [3.05, 3.63) is 42.7 Å². The predicted octanol–water partition coefficient (Wildman–Crippen LogP) is 3.16. The van der Waals surface area contributed by atoms with Crippen molar-refractivity contribution in [2.24, 2.45) is 5.92 Å². The van der Waals surface area contributed by atoms with Crippen LogP contribution < -0.4 is 4.74 Å². The molecule has 1 fully saturated rings. The van der Waals surface area contributed by atoms with Gasteiger partial charge in [0.25, 0.3) is 5.88 Å². The summed E-state index contributed by atoms with van der Waals surface area (Å²) in [7, 11) is 0. The van der Waals surface area contributed by atoms with Crippen molar-refractivity contribution in [1.82, 2.24) is 14.9 Å². The highest BCUT2D eigenvalue weighted by Gasteiger charge is 2.28. The van der Waals surface area contributed by atoms with Gasteiger partial charge < -0.3 is 14.4 Å². The van der Waals surface area contributed by atoms with E-state index in [1.807, 2.05) is 30.3 Å². The molecule has 148 valence electrons. The van der Waals surface area contributed by atoms with E-state index in [9.17, 15) is 9.59 Å². The zero-order chi connectivity index (χ0) is 19.8. The number of aromatic nitrogens is 2. The van der Waals surface area contributed by atoms with E-state index < -0.39 is 0 Å². The largest absolute Gasteiger partial charge is 0.466 e. The molecule has 2 heterocycles. The second-order valence-corrected chi connectivity index (χ2v) is 7.24. The number of amides is 1. The molecule has 0 saturated carbocycles. The van der Waals surface area contributed by atoms with Crippen LogP contribution >= 0.6 is 11.8 Å². The maximum atomic E-state index is 12.5. The first-order valence-corrected chi connectivity index (χ1v) is 10.3. The Labute approximate surface area is 168 Å². The van der Waals surface area contributed by atoms with Crippen molar-refractivity contribution >= 4 is 23.6 Å². The van der Waals surface area contributed by atoms with Crippen molar-refractivity contribution in [1.29, 1.82) is 0 Å². The molecule has 0 N–H and O–H groups in total. The summed E-state index contributed by atoms with van der Waals surface area (Å²) in [6, 6.07) is 9.33. The lowest BCUT2D eigenvalue weighted by Gasteiger charge is -2.30. The first kappa shape index (κ1) is 20.1. The zero-order valence-corrected chi connectivity index (χ0v) is 16.6. The number of carbonyl (C=O) groups excluding carboxylic acids is 2. The van der Waals surface area contributed by atoms with Crippen molar-refractivity contribution in [2.45, 2.75) is 24.8 Å². The van der Waals surface area contributed by atoms with E-state index in [0.29, 0.717) is 49.2 Å². The number of thioether (sulfide) groups is 1. The highest BCUT2D eigenvalue weighted by Crippen LogP contribution is 2.29. The number of piperidine rings is 1. The summed E-state index contributed by atoms with van der Waals surface area (Å²) in [6.07, 6.45) is 4.42. The summed E-state index contributed by atoms with van der Waals surface area (Å²) >= 11 is 1.30. The molecule has 0 bridgehead atoms. The van der Waals surface area contributed by atoms with Gasteiger partial charge >= 0.3 is 5.97 Å². The van der Waals surface area contributed by atoms with Crippen LogP contribution in [0.5, 0.6) is 11.6 Å². The molecule has 0 atom stereocenters. The fourth-order valence-electron chi connectivity index (χ4n) is 2.93. The Hall–Kier alpha value is -2.61. The van der Waals surface area contributed by atoms with Crippen LogP contribution in [0, 0.1) is 5.92 Å². The standard InChI is InChI=1S/C20H23N3O4S/c1-2-26-20(25)15-8-12-23(13-9-15)17(24)14-28-19-18(21-10-11-22-19)27-16-6-4-3-5-7-16/h3-7,10-11,15H,2,8-9,12-14H2,1H3. The lowest BCUT2D eigenvalue weighted by Crippen LogP contribution is -2.41. The number of hydrogen-bond acceptors (Lipinski definition) is 7. The van der Waals surface area contributed by atoms with E-state index in [1.165, 1.54) is 11.8 Å². The Morgan fingerprint density at radius 3 is 2.57 bits per heavy atom. The molecule has 1 aliphatic rings. The highest BCUT2D eigenvalue weighted by molar-refractivity contribution is 8.00. The van der Waals surface area contributed by atoms with Crippen molar-refractivity contribution < 1.29 is 19.1 Å². The smallest absolute Gasteiger partial charge is 0.309 e. The number of esters is 1. The van der Waals surface area contributed by atoms with Crippen LogP contribution in [-0.4, -0.2) is 52.2 Å². The highest BCUT2D eigenvalue weighted by atomic mass is 32.2. The molecule has 7 nitrogen and oxygen atoms in total. The number of para-hydroxylation sites is 1. The molecule has 1 aliphatic heterocycles. The molecule has 1 aromatic heterocycles. The van der Waals surface area contributed by atoms with E-state index in [4.69, 9.17) is 9.47 Å². The summed E-state index contributed by atoms with van der Waals surface area (Å²) < 4.78 is 10.8. The second kappa shape index (κ2) is 10.1. The van der Waals surface area contributed by atoms with Gasteiger partial charge in [-0.2, -0.15) is 0 Å². The van der Waals surface area contributed by atoms with Crippen molar-refractivity contribution in [3.8, 4) is 11.6 Å². The number of rotatable bonds is 7. The number of nitrogens with zero attached hydrogens (tertiary/aromatic N) is 3. The van der Waals surface area contributed by atoms with E-state index in [-0.39, 0.29) is 23.5 Å². The van der Waals surface area contributed by atoms with Crippen LogP contribution in [0.2, 0.25) is 0 Å². The third kappa shape index (κ3) is 5.45. The molecular formula is C20H23N3O4S. The Kier molecular flexibility index (Phi) is 7.25. The van der Waals surface area contributed by atoms with Gasteiger partial charge in [0.05, 0.1) is 18.3 Å². The summed E-state index contributed by atoms with van der Waals surface area (Å²) in [5.41, 5.74) is 0. The Morgan fingerprint density at radius 1 is 1.14 bits per heavy atom. The molecule has 8 heteroatoms. The fourth-order valence-corrected chi connectivity index (χ4v) is 3.72. The summed E-state index contributed by atoms with van der Waals surface area (Å²) in [6.45, 7) is 3.32. The molecular weight excluding hydrogens is 378 g/mol. The van der Waals surface area contributed by atoms with Gasteiger partial charge in [-0.25, -0.2) is 9.97 Å². The number of carbonyl (C=O) groups is 2. The van der Waals surface area contributed by atoms with Gasteiger partial charge in [-0.1, -0.05) is 30.0 Å². The van der Waals surface area contributed by atoms with Crippen LogP contribution in [0.15, 0.2) is 47.8 Å². The third-order valence-corrected chi connectivity index (χ3v) is 5.34. The van der Waals surface area contributed by atoms with Gasteiger partial charge in [0.1, 0.15) is 5.75 Å². The van der Waals surface area contributed by atoms with Crippen LogP contribution in [0.25, 0.3) is 0 Å². The summed E-state index contributed by atoms with van der Waals surface area (Å²) in [5.74, 6) is 1.04. The first-order valence-electron chi connectivity index (χ1n) is 9.28. The third-order valence-electron chi connectivity index (χ3n) is 4.39. The van der Waals surface area contributed by atoms with E-state index in [0.717, 1.165) is 0 Å². The maximum Gasteiger partial charge on any atom is 0.309 e. The van der Waals surface area contributed by atoms with Crippen LogP contribution in [-0.2, 0) is 14.3 Å². The van der Waals surface area contributed by atoms with Gasteiger partial charge in [0.2, 0.25) is 5.91 Å². The van der Waals surface area contributed by atoms with Gasteiger partial charge in [-0.15, -0.1) is 0 Å². The normalized spacial score (nSPS) is 14.5. The Bertz CT molecular complexity index is 795. The van der Waals surface area contributed by atoms with E-state index in [1.54, 1.807) is 24.2 Å². The monoisotopic (exact) mass is 401 g/mol. The number of likely N-dealkylation sites (tertiary alicyclic amines) is 1. The minimum atomic E-state index is -0.161. The average molecular weight is 401 g/mol. The van der Waals surface area contributed by atoms with Gasteiger partial charge in [0, 0.05) is 25.5 Å². The second-order valence-electron chi connectivity index (χ2n) is 6.28. The minimum absolute atomic E-state index is 0.0172. The van der Waals surface area contributed by atoms with E-state index >= 15 is 0 Å². The molecule has 1 aromatic carbocycles. The average Bonchev–Trinajstić information content (AvgIpc) is 2.74. The lowest BCUT2D eigenvalue weighted by molar-refractivity contribution is -0.151. The van der Waals surface area contributed by atoms with Gasteiger partial charge in [0.15, 0.2) is 5.03 Å². The molecule has 0 unspecified atom stereocenters. The molecule has 0 radical (unpaired) electrons.